The Hall–Kier alpha value is -2.00. The van der Waals surface area contributed by atoms with Crippen LogP contribution in [0.25, 0.3) is 0 Å². The summed E-state index contributed by atoms with van der Waals surface area (Å²) in [6, 6.07) is 0. The quantitative estimate of drug-likeness (QED) is 0.644. The van der Waals surface area contributed by atoms with E-state index in [0.29, 0.717) is 19.0 Å². The Balaban J connectivity index is 0.000000647. The Morgan fingerprint density at radius 3 is 2.62 bits per heavy atom. The minimum Gasteiger partial charge on any atom is -0.483 e. The van der Waals surface area contributed by atoms with Gasteiger partial charge in [-0.15, -0.1) is 0 Å². The first-order chi connectivity index (χ1) is 11.6. The van der Waals surface area contributed by atoms with Gasteiger partial charge in [0.25, 0.3) is 6.47 Å². The molecule has 1 aromatic rings. The van der Waals surface area contributed by atoms with E-state index in [1.54, 1.807) is 0 Å². The maximum atomic E-state index is 12.3. The fourth-order valence-electron chi connectivity index (χ4n) is 3.28. The molecular weight excluding hydrogens is 314 g/mol. The molecule has 2 aliphatic rings. The van der Waals surface area contributed by atoms with E-state index in [0.717, 1.165) is 51.1 Å². The number of likely N-dealkylation sites (tertiary alicyclic amines) is 2. The highest BCUT2D eigenvalue weighted by Gasteiger charge is 2.27. The average Bonchev–Trinajstić information content (AvgIpc) is 3.10. The number of hydrogen-bond acceptors (Lipinski definition) is 6. The first kappa shape index (κ1) is 18.3. The van der Waals surface area contributed by atoms with Crippen LogP contribution >= 0.6 is 0 Å². The molecule has 0 spiro atoms. The zero-order chi connectivity index (χ0) is 17.4. The summed E-state index contributed by atoms with van der Waals surface area (Å²) in [7, 11) is 0. The van der Waals surface area contributed by atoms with Gasteiger partial charge in [-0.2, -0.15) is 5.10 Å². The largest absolute Gasteiger partial charge is 0.483 e. The molecule has 1 atom stereocenters. The van der Waals surface area contributed by atoms with Crippen molar-refractivity contribution in [1.82, 2.24) is 25.0 Å². The summed E-state index contributed by atoms with van der Waals surface area (Å²) < 4.78 is 0. The van der Waals surface area contributed by atoms with Crippen molar-refractivity contribution >= 4 is 12.4 Å². The number of aliphatic hydroxyl groups excluding tert-OH is 1. The molecule has 9 heteroatoms. The van der Waals surface area contributed by atoms with Crippen LogP contribution in [0, 0.1) is 0 Å². The highest BCUT2D eigenvalue weighted by Crippen LogP contribution is 2.25. The SMILES string of the molecule is O=C(CN1CCCC(O)C1)N1CCC(c2ncn[nH]2)CC1.O=CO. The molecular formula is C15H25N5O4. The number of piperidine rings is 2. The number of aromatic nitrogens is 3. The fraction of sp³-hybridized carbons (Fsp3) is 0.733. The summed E-state index contributed by atoms with van der Waals surface area (Å²) in [5, 5.41) is 23.4. The van der Waals surface area contributed by atoms with Gasteiger partial charge in [-0.25, -0.2) is 4.98 Å². The molecule has 0 radical (unpaired) electrons. The lowest BCUT2D eigenvalue weighted by atomic mass is 9.96. The van der Waals surface area contributed by atoms with Crippen LogP contribution in [0.3, 0.4) is 0 Å². The molecule has 3 N–H and O–H groups in total. The number of aliphatic hydroxyl groups is 1. The number of carbonyl (C=O) groups is 2. The van der Waals surface area contributed by atoms with Gasteiger partial charge in [-0.3, -0.25) is 19.6 Å². The predicted molar refractivity (Wildman–Crippen MR) is 85.3 cm³/mol. The molecule has 1 aromatic heterocycles. The van der Waals surface area contributed by atoms with Gasteiger partial charge in [0.15, 0.2) is 0 Å². The first-order valence-corrected chi connectivity index (χ1v) is 8.25. The third-order valence-electron chi connectivity index (χ3n) is 4.51. The van der Waals surface area contributed by atoms with E-state index in [1.165, 1.54) is 6.33 Å². The van der Waals surface area contributed by atoms with Crippen LogP contribution in [-0.4, -0.2) is 86.4 Å². The second-order valence-corrected chi connectivity index (χ2v) is 6.16. The molecule has 1 unspecified atom stereocenters. The summed E-state index contributed by atoms with van der Waals surface area (Å²) in [4.78, 5) is 28.9. The summed E-state index contributed by atoms with van der Waals surface area (Å²) in [6.45, 7) is 3.28. The molecule has 1 amide bonds. The number of aromatic amines is 1. The number of rotatable bonds is 3. The zero-order valence-electron chi connectivity index (χ0n) is 13.7. The van der Waals surface area contributed by atoms with Crippen molar-refractivity contribution in [2.75, 3.05) is 32.7 Å². The maximum Gasteiger partial charge on any atom is 0.290 e. The summed E-state index contributed by atoms with van der Waals surface area (Å²) in [6.07, 6.45) is 4.96. The van der Waals surface area contributed by atoms with Gasteiger partial charge in [-0.1, -0.05) is 0 Å². The van der Waals surface area contributed by atoms with Crippen LogP contribution in [-0.2, 0) is 9.59 Å². The van der Waals surface area contributed by atoms with E-state index in [-0.39, 0.29) is 18.5 Å². The number of nitrogens with one attached hydrogen (secondary N) is 1. The second kappa shape index (κ2) is 9.33. The molecule has 0 bridgehead atoms. The molecule has 0 aliphatic carbocycles. The van der Waals surface area contributed by atoms with Crippen molar-refractivity contribution in [2.45, 2.75) is 37.7 Å². The molecule has 3 heterocycles. The maximum absolute atomic E-state index is 12.3. The molecule has 2 fully saturated rings. The van der Waals surface area contributed by atoms with Crippen LogP contribution in [0.4, 0.5) is 0 Å². The Bertz CT molecular complexity index is 502. The Labute approximate surface area is 140 Å². The lowest BCUT2D eigenvalue weighted by Crippen LogP contribution is -2.47. The van der Waals surface area contributed by atoms with Crippen molar-refractivity contribution in [3.63, 3.8) is 0 Å². The summed E-state index contributed by atoms with van der Waals surface area (Å²) in [5.74, 6) is 1.50. The Morgan fingerprint density at radius 2 is 2.04 bits per heavy atom. The number of carboxylic acid groups (broad SMARTS) is 1. The standard InChI is InChI=1S/C14H23N5O2.CH2O2/c20-12-2-1-5-18(8-12)9-13(21)19-6-3-11(4-7-19)14-15-10-16-17-14;2-1-3/h10-12,20H,1-9H2,(H,15,16,17);1H,(H,2,3). The molecule has 2 saturated heterocycles. The van der Waals surface area contributed by atoms with Gasteiger partial charge in [0, 0.05) is 25.6 Å². The van der Waals surface area contributed by atoms with Crippen LogP contribution in [0.1, 0.15) is 37.4 Å². The van der Waals surface area contributed by atoms with Crippen molar-refractivity contribution in [1.29, 1.82) is 0 Å². The second-order valence-electron chi connectivity index (χ2n) is 6.16. The number of H-pyrrole nitrogens is 1. The van der Waals surface area contributed by atoms with E-state index < -0.39 is 0 Å². The van der Waals surface area contributed by atoms with Crippen molar-refractivity contribution in [3.8, 4) is 0 Å². The van der Waals surface area contributed by atoms with Crippen LogP contribution in [0.2, 0.25) is 0 Å². The van der Waals surface area contributed by atoms with Gasteiger partial charge in [0.2, 0.25) is 5.91 Å². The van der Waals surface area contributed by atoms with Crippen molar-refractivity contribution < 1.29 is 19.8 Å². The highest BCUT2D eigenvalue weighted by atomic mass is 16.3. The number of carbonyl (C=O) groups excluding carboxylic acids is 1. The van der Waals surface area contributed by atoms with Gasteiger partial charge in [0.1, 0.15) is 12.2 Å². The third kappa shape index (κ3) is 5.27. The third-order valence-corrected chi connectivity index (χ3v) is 4.51. The Kier molecular flexibility index (Phi) is 7.13. The lowest BCUT2D eigenvalue weighted by Gasteiger charge is -2.34. The summed E-state index contributed by atoms with van der Waals surface area (Å²) in [5.41, 5.74) is 0. The first-order valence-electron chi connectivity index (χ1n) is 8.25. The topological polar surface area (TPSA) is 123 Å². The minimum atomic E-state index is -0.274. The normalized spacial score (nSPS) is 22.5. The van der Waals surface area contributed by atoms with E-state index in [9.17, 15) is 9.90 Å². The van der Waals surface area contributed by atoms with Crippen LogP contribution in [0.15, 0.2) is 6.33 Å². The smallest absolute Gasteiger partial charge is 0.290 e. The van der Waals surface area contributed by atoms with E-state index in [1.807, 2.05) is 4.90 Å². The monoisotopic (exact) mass is 339 g/mol. The molecule has 134 valence electrons. The van der Waals surface area contributed by atoms with Gasteiger partial charge >= 0.3 is 0 Å². The lowest BCUT2D eigenvalue weighted by molar-refractivity contribution is -0.134. The van der Waals surface area contributed by atoms with E-state index in [2.05, 4.69) is 20.1 Å². The molecule has 3 rings (SSSR count). The van der Waals surface area contributed by atoms with Gasteiger partial charge < -0.3 is 15.1 Å². The number of β-amino-alcohol motifs (C(OH)–C–C–N with tert-alkyl or cyclic N) is 1. The highest BCUT2D eigenvalue weighted by molar-refractivity contribution is 5.78. The van der Waals surface area contributed by atoms with Gasteiger partial charge in [-0.05, 0) is 32.2 Å². The minimum absolute atomic E-state index is 0.181. The number of hydrogen-bond donors (Lipinski definition) is 3. The average molecular weight is 339 g/mol. The number of amides is 1. The molecule has 2 aliphatic heterocycles. The van der Waals surface area contributed by atoms with Crippen molar-refractivity contribution in [2.24, 2.45) is 0 Å². The summed E-state index contributed by atoms with van der Waals surface area (Å²) >= 11 is 0. The van der Waals surface area contributed by atoms with Gasteiger partial charge in [0.05, 0.1) is 12.6 Å². The van der Waals surface area contributed by atoms with Crippen LogP contribution < -0.4 is 0 Å². The molecule has 0 aromatic carbocycles. The zero-order valence-corrected chi connectivity index (χ0v) is 13.7. The number of nitrogens with zero attached hydrogens (tertiary/aromatic N) is 4. The van der Waals surface area contributed by atoms with E-state index >= 15 is 0 Å². The predicted octanol–water partition coefficient (Wildman–Crippen LogP) is -0.332. The molecule has 24 heavy (non-hydrogen) atoms. The fourth-order valence-corrected chi connectivity index (χ4v) is 3.28. The molecule has 9 nitrogen and oxygen atoms in total. The van der Waals surface area contributed by atoms with Crippen LogP contribution in [0.5, 0.6) is 0 Å². The van der Waals surface area contributed by atoms with Crippen molar-refractivity contribution in [3.05, 3.63) is 12.2 Å². The van der Waals surface area contributed by atoms with E-state index in [4.69, 9.17) is 9.90 Å². The molecule has 0 saturated carbocycles. The Morgan fingerprint density at radius 1 is 1.33 bits per heavy atom.